The number of primary amides is 1. The molecule has 4 aromatic rings. The molecule has 4 atom stereocenters. The molecular formula is C53H68N8O11. The van der Waals surface area contributed by atoms with Crippen LogP contribution in [0.3, 0.4) is 0 Å². The normalized spacial score (nSPS) is 15.5. The Morgan fingerprint density at radius 1 is 0.722 bits per heavy atom. The lowest BCUT2D eigenvalue weighted by molar-refractivity contribution is -0.155. The van der Waals surface area contributed by atoms with Crippen LogP contribution in [0.5, 0.6) is 0 Å². The minimum atomic E-state index is -1.40. The number of nitrogens with zero attached hydrogens (tertiary/aromatic N) is 1. The standard InChI is InChI=1S/C53H68N8O11/c1-52(2,3)71-45(63)25-24-40(60-51(69)70-31-38-36-19-9-7-17-34(36)35-18-8-10-20-37(35)38)46(64)59-42(28-32-29-56-39-21-12-11-16-33(32)39)47(65)58-41(22-13-14-26-55-50(68)72-53(4,5)6)49(67)61-27-15-23-43(61)48(66)57-30-44(54)62/h7-12,16-21,29,38,40-43,56H,13-15,22-28,30-31H2,1-6H3,(H2,54,62)(H,55,68)(H,57,66)(H,58,65)(H,59,64)(H,60,69)/t40-,41+,42-,43-/m1/s1. The van der Waals surface area contributed by atoms with Crippen molar-refractivity contribution in [3.8, 4) is 11.1 Å². The van der Waals surface area contributed by atoms with Gasteiger partial charge in [0, 0.05) is 48.9 Å². The van der Waals surface area contributed by atoms with Crippen LogP contribution in [0.4, 0.5) is 9.59 Å². The molecule has 19 heteroatoms. The zero-order valence-electron chi connectivity index (χ0n) is 41.9. The van der Waals surface area contributed by atoms with Gasteiger partial charge in [0.2, 0.25) is 29.5 Å². The van der Waals surface area contributed by atoms with Crippen molar-refractivity contribution in [3.05, 3.63) is 95.7 Å². The van der Waals surface area contributed by atoms with Crippen molar-refractivity contribution in [2.75, 3.05) is 26.2 Å². The molecule has 7 amide bonds. The van der Waals surface area contributed by atoms with E-state index in [1.54, 1.807) is 47.7 Å². The Labute approximate surface area is 419 Å². The SMILES string of the molecule is CC(C)(C)OC(=O)CC[C@@H](NC(=O)OCC1c2ccccc2-c2ccccc21)C(=O)N[C@H](Cc1c[nH]c2ccccc12)C(=O)N[C@@H](CCCCNC(=O)OC(C)(C)C)C(=O)N1CCC[C@@H]1C(=O)NCC(N)=O. The zero-order chi connectivity index (χ0) is 52.2. The van der Waals surface area contributed by atoms with E-state index in [-0.39, 0.29) is 51.3 Å². The molecule has 2 heterocycles. The van der Waals surface area contributed by atoms with Crippen molar-refractivity contribution in [2.45, 2.75) is 134 Å². The Morgan fingerprint density at radius 3 is 2.01 bits per heavy atom. The number of hydrogen-bond donors (Lipinski definition) is 7. The maximum absolute atomic E-state index is 14.8. The van der Waals surface area contributed by atoms with Crippen LogP contribution in [-0.2, 0) is 49.4 Å². The number of carbonyl (C=O) groups is 8. The van der Waals surface area contributed by atoms with Gasteiger partial charge in [-0.3, -0.25) is 28.8 Å². The van der Waals surface area contributed by atoms with E-state index in [0.717, 1.165) is 33.2 Å². The van der Waals surface area contributed by atoms with E-state index in [0.29, 0.717) is 31.2 Å². The number of aromatic amines is 1. The lowest BCUT2D eigenvalue weighted by Gasteiger charge is -2.30. The van der Waals surface area contributed by atoms with Gasteiger partial charge in [0.25, 0.3) is 0 Å². The largest absolute Gasteiger partial charge is 0.460 e. The Balaban J connectivity index is 1.24. The summed E-state index contributed by atoms with van der Waals surface area (Å²) in [6, 6.07) is 18.2. The van der Waals surface area contributed by atoms with Crippen LogP contribution in [0.15, 0.2) is 79.0 Å². The molecule has 72 heavy (non-hydrogen) atoms. The van der Waals surface area contributed by atoms with E-state index in [1.807, 2.05) is 72.8 Å². The summed E-state index contributed by atoms with van der Waals surface area (Å²) in [7, 11) is 0. The minimum Gasteiger partial charge on any atom is -0.460 e. The highest BCUT2D eigenvalue weighted by molar-refractivity contribution is 5.97. The average Bonchev–Trinajstić information content (AvgIpc) is 4.06. The Morgan fingerprint density at radius 2 is 1.35 bits per heavy atom. The topological polar surface area (TPSA) is 269 Å². The van der Waals surface area contributed by atoms with Crippen molar-refractivity contribution >= 4 is 58.6 Å². The van der Waals surface area contributed by atoms with E-state index in [9.17, 15) is 38.4 Å². The van der Waals surface area contributed by atoms with Gasteiger partial charge in [-0.1, -0.05) is 66.7 Å². The molecule has 0 radical (unpaired) electrons. The van der Waals surface area contributed by atoms with Gasteiger partial charge in [-0.25, -0.2) is 9.59 Å². The third-order valence-corrected chi connectivity index (χ3v) is 12.2. The number of esters is 1. The first-order chi connectivity index (χ1) is 34.2. The number of carbonyl (C=O) groups excluding carboxylic acids is 8. The van der Waals surface area contributed by atoms with Gasteiger partial charge < -0.3 is 56.4 Å². The van der Waals surface area contributed by atoms with Gasteiger partial charge >= 0.3 is 18.2 Å². The molecule has 1 saturated heterocycles. The predicted octanol–water partition coefficient (Wildman–Crippen LogP) is 5.00. The first-order valence-corrected chi connectivity index (χ1v) is 24.5. The maximum atomic E-state index is 14.8. The number of likely N-dealkylation sites (tertiary alicyclic amines) is 1. The molecule has 0 bridgehead atoms. The van der Waals surface area contributed by atoms with Crippen molar-refractivity contribution in [2.24, 2.45) is 5.73 Å². The molecule has 8 N–H and O–H groups in total. The van der Waals surface area contributed by atoms with Gasteiger partial charge in [0.05, 0.1) is 6.54 Å². The highest BCUT2D eigenvalue weighted by Crippen LogP contribution is 2.44. The smallest absolute Gasteiger partial charge is 0.407 e. The summed E-state index contributed by atoms with van der Waals surface area (Å²) in [6.07, 6.45) is 1.17. The zero-order valence-corrected chi connectivity index (χ0v) is 41.9. The molecule has 1 aliphatic carbocycles. The van der Waals surface area contributed by atoms with Crippen molar-refractivity contribution in [1.82, 2.24) is 36.5 Å². The minimum absolute atomic E-state index is 0.0526. The van der Waals surface area contributed by atoms with Crippen LogP contribution in [-0.4, -0.2) is 119 Å². The number of rotatable bonds is 21. The molecule has 0 unspecified atom stereocenters. The fraction of sp³-hybridized carbons (Fsp3) is 0.472. The Bertz CT molecular complexity index is 2570. The van der Waals surface area contributed by atoms with Crippen LogP contribution < -0.4 is 32.3 Å². The van der Waals surface area contributed by atoms with Crippen molar-refractivity contribution in [3.63, 3.8) is 0 Å². The van der Waals surface area contributed by atoms with Gasteiger partial charge in [0.15, 0.2) is 0 Å². The highest BCUT2D eigenvalue weighted by Gasteiger charge is 2.39. The quantitative estimate of drug-likeness (QED) is 0.0332. The van der Waals surface area contributed by atoms with Gasteiger partial charge in [-0.05, 0) is 114 Å². The first kappa shape index (κ1) is 53.9. The fourth-order valence-corrected chi connectivity index (χ4v) is 9.01. The van der Waals surface area contributed by atoms with Gasteiger partial charge in [-0.15, -0.1) is 0 Å². The van der Waals surface area contributed by atoms with Crippen molar-refractivity contribution in [1.29, 1.82) is 0 Å². The third kappa shape index (κ3) is 15.0. The number of ether oxygens (including phenoxy) is 3. The number of amides is 7. The predicted molar refractivity (Wildman–Crippen MR) is 268 cm³/mol. The van der Waals surface area contributed by atoms with Gasteiger partial charge in [-0.2, -0.15) is 0 Å². The number of unbranched alkanes of at least 4 members (excludes halogenated alkanes) is 1. The number of benzene rings is 3. The monoisotopic (exact) mass is 993 g/mol. The van der Waals surface area contributed by atoms with E-state index in [2.05, 4.69) is 31.6 Å². The van der Waals surface area contributed by atoms with Crippen LogP contribution in [0.2, 0.25) is 0 Å². The number of alkyl carbamates (subject to hydrolysis) is 2. The molecule has 3 aromatic carbocycles. The van der Waals surface area contributed by atoms with E-state index >= 15 is 0 Å². The van der Waals surface area contributed by atoms with Crippen LogP contribution in [0.1, 0.15) is 109 Å². The highest BCUT2D eigenvalue weighted by atomic mass is 16.6. The van der Waals surface area contributed by atoms with Crippen LogP contribution in [0, 0.1) is 0 Å². The van der Waals surface area contributed by atoms with Crippen LogP contribution in [0.25, 0.3) is 22.0 Å². The summed E-state index contributed by atoms with van der Waals surface area (Å²) in [5.74, 6) is -4.35. The second kappa shape index (κ2) is 24.1. The summed E-state index contributed by atoms with van der Waals surface area (Å²) < 4.78 is 16.7. The molecule has 1 aromatic heterocycles. The number of nitrogens with two attached hydrogens (primary N) is 1. The summed E-state index contributed by atoms with van der Waals surface area (Å²) in [5.41, 5.74) is 9.18. The summed E-state index contributed by atoms with van der Waals surface area (Å²) >= 11 is 0. The average molecular weight is 993 g/mol. The van der Waals surface area contributed by atoms with Crippen molar-refractivity contribution < 1.29 is 52.6 Å². The number of nitrogens with one attached hydrogen (secondary N) is 6. The molecule has 1 aliphatic heterocycles. The molecule has 0 spiro atoms. The molecule has 19 nitrogen and oxygen atoms in total. The maximum Gasteiger partial charge on any atom is 0.407 e. The second-order valence-electron chi connectivity index (χ2n) is 20.1. The van der Waals surface area contributed by atoms with Gasteiger partial charge in [0.1, 0.15) is 42.0 Å². The second-order valence-corrected chi connectivity index (χ2v) is 20.1. The summed E-state index contributed by atoms with van der Waals surface area (Å²) in [4.78, 5) is 112. The van der Waals surface area contributed by atoms with E-state index in [4.69, 9.17) is 19.9 Å². The third-order valence-electron chi connectivity index (χ3n) is 12.2. The Kier molecular flexibility index (Phi) is 18.1. The number of H-pyrrole nitrogens is 1. The molecular weight excluding hydrogens is 925 g/mol. The first-order valence-electron chi connectivity index (χ1n) is 24.5. The summed E-state index contributed by atoms with van der Waals surface area (Å²) in [5, 5.41) is 14.3. The Hall–Kier alpha value is -7.44. The number of hydrogen-bond acceptors (Lipinski definition) is 11. The molecule has 0 saturated carbocycles. The van der Waals surface area contributed by atoms with Crippen LogP contribution >= 0.6 is 0 Å². The van der Waals surface area contributed by atoms with E-state index in [1.165, 1.54) is 4.90 Å². The lowest BCUT2D eigenvalue weighted by atomic mass is 9.98. The number of aromatic nitrogens is 1. The fourth-order valence-electron chi connectivity index (χ4n) is 9.01. The number of fused-ring (bicyclic) bond motifs is 4. The number of para-hydroxylation sites is 1. The lowest BCUT2D eigenvalue weighted by Crippen LogP contribution is -2.58. The molecule has 1 fully saturated rings. The molecule has 6 rings (SSSR count). The molecule has 2 aliphatic rings. The molecule has 386 valence electrons. The summed E-state index contributed by atoms with van der Waals surface area (Å²) in [6.45, 7) is 10.3. The van der Waals surface area contributed by atoms with E-state index < -0.39 is 89.6 Å².